The van der Waals surface area contributed by atoms with Crippen molar-refractivity contribution in [2.75, 3.05) is 6.54 Å². The maximum Gasteiger partial charge on any atom is 0.220 e. The number of rotatable bonds is 7. The molecule has 5 nitrogen and oxygen atoms in total. The molecule has 0 radical (unpaired) electrons. The van der Waals surface area contributed by atoms with Crippen LogP contribution in [0.3, 0.4) is 0 Å². The Morgan fingerprint density at radius 3 is 2.62 bits per heavy atom. The predicted octanol–water partition coefficient (Wildman–Crippen LogP) is 3.31. The van der Waals surface area contributed by atoms with E-state index in [0.29, 0.717) is 17.9 Å². The Labute approximate surface area is 157 Å². The lowest BCUT2D eigenvalue weighted by Crippen LogP contribution is -2.28. The third-order valence-electron chi connectivity index (χ3n) is 4.04. The summed E-state index contributed by atoms with van der Waals surface area (Å²) in [6.07, 6.45) is 3.87. The van der Waals surface area contributed by atoms with Gasteiger partial charge in [-0.2, -0.15) is 5.10 Å². The van der Waals surface area contributed by atoms with Gasteiger partial charge in [0.25, 0.3) is 0 Å². The lowest BCUT2D eigenvalue weighted by atomic mass is 10.1. The van der Waals surface area contributed by atoms with Gasteiger partial charge in [0.1, 0.15) is 0 Å². The highest BCUT2D eigenvalue weighted by atomic mass is 35.5. The number of nitrogens with zero attached hydrogens (tertiary/aromatic N) is 2. The van der Waals surface area contributed by atoms with E-state index in [2.05, 4.69) is 10.4 Å². The van der Waals surface area contributed by atoms with E-state index in [-0.39, 0.29) is 12.5 Å². The van der Waals surface area contributed by atoms with Crippen LogP contribution in [-0.2, 0) is 11.2 Å². The van der Waals surface area contributed by atoms with Gasteiger partial charge in [-0.25, -0.2) is 4.68 Å². The zero-order valence-electron chi connectivity index (χ0n) is 14.2. The molecule has 1 aromatic heterocycles. The standard InChI is InChI=1S/C20H20ClN3O2/c21-17-9-7-16(8-10-17)19(25)13-22-20(26)11-6-15-12-23-24(14-15)18-4-2-1-3-5-18/h1-5,7-10,12,14,19,25H,6,11,13H2,(H,22,26). The monoisotopic (exact) mass is 369 g/mol. The van der Waals surface area contributed by atoms with E-state index in [0.717, 1.165) is 16.8 Å². The van der Waals surface area contributed by atoms with Crippen molar-refractivity contribution in [3.63, 3.8) is 0 Å². The zero-order valence-corrected chi connectivity index (χ0v) is 14.9. The molecule has 0 bridgehead atoms. The van der Waals surface area contributed by atoms with Crippen LogP contribution < -0.4 is 5.32 Å². The molecule has 3 aromatic rings. The number of aliphatic hydroxyl groups is 1. The molecule has 0 aliphatic rings. The van der Waals surface area contributed by atoms with Crippen LogP contribution in [0.15, 0.2) is 67.0 Å². The molecule has 6 heteroatoms. The molecule has 26 heavy (non-hydrogen) atoms. The van der Waals surface area contributed by atoms with Gasteiger partial charge in [0.05, 0.1) is 18.0 Å². The maximum atomic E-state index is 12.0. The quantitative estimate of drug-likeness (QED) is 0.671. The van der Waals surface area contributed by atoms with Crippen molar-refractivity contribution < 1.29 is 9.90 Å². The number of aryl methyl sites for hydroxylation is 1. The van der Waals surface area contributed by atoms with Crippen LogP contribution >= 0.6 is 11.6 Å². The Hall–Kier alpha value is -2.63. The molecular formula is C20H20ClN3O2. The zero-order chi connectivity index (χ0) is 18.4. The van der Waals surface area contributed by atoms with Crippen LogP contribution in [0.25, 0.3) is 5.69 Å². The molecule has 0 spiro atoms. The highest BCUT2D eigenvalue weighted by Gasteiger charge is 2.10. The molecule has 1 atom stereocenters. The Bertz CT molecular complexity index is 847. The molecule has 0 aliphatic heterocycles. The van der Waals surface area contributed by atoms with Gasteiger partial charge in [-0.1, -0.05) is 41.9 Å². The van der Waals surface area contributed by atoms with Gasteiger partial charge in [0.2, 0.25) is 5.91 Å². The number of carbonyl (C=O) groups is 1. The second-order valence-electron chi connectivity index (χ2n) is 6.00. The number of carbonyl (C=O) groups excluding carboxylic acids is 1. The number of amides is 1. The summed E-state index contributed by atoms with van der Waals surface area (Å²) in [6, 6.07) is 16.7. The van der Waals surface area contributed by atoms with E-state index in [9.17, 15) is 9.90 Å². The van der Waals surface area contributed by atoms with E-state index >= 15 is 0 Å². The van der Waals surface area contributed by atoms with Gasteiger partial charge in [0, 0.05) is 24.2 Å². The van der Waals surface area contributed by atoms with Crippen LogP contribution in [0, 0.1) is 0 Å². The van der Waals surface area contributed by atoms with Crippen LogP contribution in [0.2, 0.25) is 5.02 Å². The SMILES string of the molecule is O=C(CCc1cnn(-c2ccccc2)c1)NCC(O)c1ccc(Cl)cc1. The molecular weight excluding hydrogens is 350 g/mol. The predicted molar refractivity (Wildman–Crippen MR) is 101 cm³/mol. The first kappa shape index (κ1) is 18.2. The molecule has 0 saturated carbocycles. The van der Waals surface area contributed by atoms with Gasteiger partial charge >= 0.3 is 0 Å². The largest absolute Gasteiger partial charge is 0.387 e. The number of aliphatic hydroxyl groups excluding tert-OH is 1. The average Bonchev–Trinajstić information content (AvgIpc) is 3.15. The molecule has 2 aromatic carbocycles. The number of hydrogen-bond acceptors (Lipinski definition) is 3. The van der Waals surface area contributed by atoms with Crippen molar-refractivity contribution in [2.45, 2.75) is 18.9 Å². The van der Waals surface area contributed by atoms with Gasteiger partial charge in [-0.05, 0) is 41.8 Å². The normalized spacial score (nSPS) is 11.9. The number of nitrogens with one attached hydrogen (secondary N) is 1. The average molecular weight is 370 g/mol. The molecule has 1 heterocycles. The maximum absolute atomic E-state index is 12.0. The number of hydrogen-bond donors (Lipinski definition) is 2. The topological polar surface area (TPSA) is 67.2 Å². The van der Waals surface area contributed by atoms with E-state index in [1.54, 1.807) is 35.1 Å². The first-order valence-electron chi connectivity index (χ1n) is 8.41. The minimum Gasteiger partial charge on any atom is -0.387 e. The van der Waals surface area contributed by atoms with E-state index in [4.69, 9.17) is 11.6 Å². The van der Waals surface area contributed by atoms with Crippen LogP contribution in [0.1, 0.15) is 23.7 Å². The minimum absolute atomic E-state index is 0.106. The Morgan fingerprint density at radius 2 is 1.88 bits per heavy atom. The lowest BCUT2D eigenvalue weighted by Gasteiger charge is -2.12. The Balaban J connectivity index is 1.45. The summed E-state index contributed by atoms with van der Waals surface area (Å²) in [5, 5.41) is 17.8. The minimum atomic E-state index is -0.753. The fourth-order valence-electron chi connectivity index (χ4n) is 2.57. The van der Waals surface area contributed by atoms with Gasteiger partial charge < -0.3 is 10.4 Å². The van der Waals surface area contributed by atoms with Crippen molar-refractivity contribution in [1.29, 1.82) is 0 Å². The smallest absolute Gasteiger partial charge is 0.220 e. The van der Waals surface area contributed by atoms with Crippen LogP contribution in [0.4, 0.5) is 0 Å². The fraction of sp³-hybridized carbons (Fsp3) is 0.200. The van der Waals surface area contributed by atoms with Crippen molar-refractivity contribution in [2.24, 2.45) is 0 Å². The molecule has 1 amide bonds. The highest BCUT2D eigenvalue weighted by molar-refractivity contribution is 6.30. The second-order valence-corrected chi connectivity index (χ2v) is 6.44. The first-order valence-corrected chi connectivity index (χ1v) is 8.79. The molecule has 0 saturated heterocycles. The van der Waals surface area contributed by atoms with Crippen molar-refractivity contribution in [3.05, 3.63) is 83.1 Å². The third kappa shape index (κ3) is 4.94. The summed E-state index contributed by atoms with van der Waals surface area (Å²) in [5.74, 6) is -0.106. The molecule has 2 N–H and O–H groups in total. The van der Waals surface area contributed by atoms with Crippen molar-refractivity contribution in [1.82, 2.24) is 15.1 Å². The molecule has 0 fully saturated rings. The molecule has 134 valence electrons. The van der Waals surface area contributed by atoms with Crippen molar-refractivity contribution >= 4 is 17.5 Å². The number of halogens is 1. The fourth-order valence-corrected chi connectivity index (χ4v) is 2.70. The van der Waals surface area contributed by atoms with E-state index < -0.39 is 6.10 Å². The summed E-state index contributed by atoms with van der Waals surface area (Å²) >= 11 is 5.83. The van der Waals surface area contributed by atoms with Crippen LogP contribution in [-0.4, -0.2) is 27.3 Å². The van der Waals surface area contributed by atoms with Crippen LogP contribution in [0.5, 0.6) is 0 Å². The molecule has 1 unspecified atom stereocenters. The molecule has 3 rings (SSSR count). The van der Waals surface area contributed by atoms with Gasteiger partial charge in [-0.15, -0.1) is 0 Å². The number of aromatic nitrogens is 2. The van der Waals surface area contributed by atoms with Gasteiger partial charge in [-0.3, -0.25) is 4.79 Å². The van der Waals surface area contributed by atoms with Crippen molar-refractivity contribution in [3.8, 4) is 5.69 Å². The summed E-state index contributed by atoms with van der Waals surface area (Å²) in [6.45, 7) is 0.170. The number of para-hydroxylation sites is 1. The highest BCUT2D eigenvalue weighted by Crippen LogP contribution is 2.16. The van der Waals surface area contributed by atoms with Gasteiger partial charge in [0.15, 0.2) is 0 Å². The Morgan fingerprint density at radius 1 is 1.15 bits per heavy atom. The third-order valence-corrected chi connectivity index (χ3v) is 4.30. The first-order chi connectivity index (χ1) is 12.6. The van der Waals surface area contributed by atoms with E-state index in [1.807, 2.05) is 36.5 Å². The molecule has 0 aliphatic carbocycles. The summed E-state index contributed by atoms with van der Waals surface area (Å²) < 4.78 is 1.79. The van der Waals surface area contributed by atoms with E-state index in [1.165, 1.54) is 0 Å². The summed E-state index contributed by atoms with van der Waals surface area (Å²) in [5.41, 5.74) is 2.69. The Kier molecular flexibility index (Phi) is 6.04. The second kappa shape index (κ2) is 8.65. The number of benzene rings is 2. The summed E-state index contributed by atoms with van der Waals surface area (Å²) in [7, 11) is 0. The lowest BCUT2D eigenvalue weighted by molar-refractivity contribution is -0.121. The summed E-state index contributed by atoms with van der Waals surface area (Å²) in [4.78, 5) is 12.0.